The molecule has 0 fully saturated rings. The van der Waals surface area contributed by atoms with E-state index in [-0.39, 0.29) is 17.3 Å². The lowest BCUT2D eigenvalue weighted by molar-refractivity contribution is 0.436. The summed E-state index contributed by atoms with van der Waals surface area (Å²) in [5, 5.41) is 0. The lowest BCUT2D eigenvalue weighted by Crippen LogP contribution is -2.28. The van der Waals surface area contributed by atoms with Gasteiger partial charge in [-0.3, -0.25) is 0 Å². The van der Waals surface area contributed by atoms with E-state index in [0.29, 0.717) is 0 Å². The van der Waals surface area contributed by atoms with E-state index in [1.54, 1.807) is 0 Å². The van der Waals surface area contributed by atoms with Crippen LogP contribution in [-0.4, -0.2) is 6.04 Å². The lowest BCUT2D eigenvalue weighted by atomic mass is 9.79. The van der Waals surface area contributed by atoms with Crippen molar-refractivity contribution in [3.05, 3.63) is 35.6 Å². The van der Waals surface area contributed by atoms with Gasteiger partial charge in [-0.15, -0.1) is 0 Å². The third kappa shape index (κ3) is 2.81. The van der Waals surface area contributed by atoms with Gasteiger partial charge in [-0.2, -0.15) is 0 Å². The predicted octanol–water partition coefficient (Wildman–Crippen LogP) is 2.84. The number of hydrogen-bond donors (Lipinski definition) is 1. The summed E-state index contributed by atoms with van der Waals surface area (Å²) in [4.78, 5) is 0. The Labute approximate surface area is 85.1 Å². The Kier molecular flexibility index (Phi) is 3.27. The Bertz CT molecular complexity index is 288. The van der Waals surface area contributed by atoms with Gasteiger partial charge in [0.15, 0.2) is 0 Å². The fraction of sp³-hybridized carbons (Fsp3) is 0.500. The van der Waals surface area contributed by atoms with E-state index in [1.807, 2.05) is 19.1 Å². The molecule has 1 atom stereocenters. The van der Waals surface area contributed by atoms with Gasteiger partial charge in [0.2, 0.25) is 0 Å². The molecule has 1 aromatic carbocycles. The van der Waals surface area contributed by atoms with Gasteiger partial charge in [-0.25, -0.2) is 4.39 Å². The molecule has 1 aromatic rings. The quantitative estimate of drug-likeness (QED) is 0.788. The van der Waals surface area contributed by atoms with Crippen molar-refractivity contribution in [3.8, 4) is 0 Å². The van der Waals surface area contributed by atoms with Gasteiger partial charge in [0.05, 0.1) is 0 Å². The molecular formula is C12H18FN. The standard InChI is InChI=1S/C12H18FN/c1-9(14)8-12(2,3)10-4-6-11(13)7-5-10/h4-7,9H,8,14H2,1-3H3/t9-/m1/s1. The van der Waals surface area contributed by atoms with Crippen LogP contribution in [0.4, 0.5) is 4.39 Å². The molecule has 0 radical (unpaired) electrons. The van der Waals surface area contributed by atoms with Crippen LogP contribution in [0.5, 0.6) is 0 Å². The molecule has 14 heavy (non-hydrogen) atoms. The van der Waals surface area contributed by atoms with Crippen LogP contribution in [0.1, 0.15) is 32.8 Å². The van der Waals surface area contributed by atoms with E-state index in [0.717, 1.165) is 12.0 Å². The minimum atomic E-state index is -0.189. The van der Waals surface area contributed by atoms with E-state index < -0.39 is 0 Å². The Morgan fingerprint density at radius 3 is 2.21 bits per heavy atom. The maximum Gasteiger partial charge on any atom is 0.123 e. The van der Waals surface area contributed by atoms with Crippen LogP contribution in [0.3, 0.4) is 0 Å². The normalized spacial score (nSPS) is 14.1. The zero-order valence-corrected chi connectivity index (χ0v) is 9.05. The zero-order chi connectivity index (χ0) is 10.8. The molecule has 2 heteroatoms. The molecule has 0 amide bonds. The van der Waals surface area contributed by atoms with Crippen LogP contribution in [0.15, 0.2) is 24.3 Å². The highest BCUT2D eigenvalue weighted by Crippen LogP contribution is 2.27. The van der Waals surface area contributed by atoms with Crippen molar-refractivity contribution in [2.75, 3.05) is 0 Å². The molecule has 0 aliphatic rings. The average Bonchev–Trinajstić information content (AvgIpc) is 2.02. The van der Waals surface area contributed by atoms with Crippen molar-refractivity contribution in [1.82, 2.24) is 0 Å². The first-order valence-corrected chi connectivity index (χ1v) is 4.93. The summed E-state index contributed by atoms with van der Waals surface area (Å²) < 4.78 is 12.7. The van der Waals surface area contributed by atoms with Crippen molar-refractivity contribution in [3.63, 3.8) is 0 Å². The Hall–Kier alpha value is -0.890. The molecule has 78 valence electrons. The van der Waals surface area contributed by atoms with E-state index in [1.165, 1.54) is 12.1 Å². The Morgan fingerprint density at radius 2 is 1.79 bits per heavy atom. The smallest absolute Gasteiger partial charge is 0.123 e. The van der Waals surface area contributed by atoms with Crippen LogP contribution < -0.4 is 5.73 Å². The number of rotatable bonds is 3. The van der Waals surface area contributed by atoms with Gasteiger partial charge in [-0.1, -0.05) is 26.0 Å². The largest absolute Gasteiger partial charge is 0.328 e. The van der Waals surface area contributed by atoms with Crippen LogP contribution >= 0.6 is 0 Å². The van der Waals surface area contributed by atoms with Crippen LogP contribution in [0.25, 0.3) is 0 Å². The molecule has 0 saturated carbocycles. The summed E-state index contributed by atoms with van der Waals surface area (Å²) in [6.45, 7) is 6.25. The first kappa shape index (κ1) is 11.2. The van der Waals surface area contributed by atoms with Crippen molar-refractivity contribution in [2.24, 2.45) is 5.73 Å². The molecule has 0 heterocycles. The highest BCUT2D eigenvalue weighted by molar-refractivity contribution is 5.24. The summed E-state index contributed by atoms with van der Waals surface area (Å²) in [7, 11) is 0. The van der Waals surface area contributed by atoms with Crippen LogP contribution in [0.2, 0.25) is 0 Å². The van der Waals surface area contributed by atoms with E-state index in [9.17, 15) is 4.39 Å². The Balaban J connectivity index is 2.86. The van der Waals surface area contributed by atoms with Crippen molar-refractivity contribution in [2.45, 2.75) is 38.6 Å². The molecular weight excluding hydrogens is 177 g/mol. The van der Waals surface area contributed by atoms with Crippen molar-refractivity contribution in [1.29, 1.82) is 0 Å². The first-order valence-electron chi connectivity index (χ1n) is 4.93. The molecule has 0 spiro atoms. The Morgan fingerprint density at radius 1 is 1.29 bits per heavy atom. The van der Waals surface area contributed by atoms with E-state index in [2.05, 4.69) is 13.8 Å². The fourth-order valence-electron chi connectivity index (χ4n) is 1.82. The van der Waals surface area contributed by atoms with E-state index in [4.69, 9.17) is 5.73 Å². The van der Waals surface area contributed by atoms with Crippen LogP contribution in [0, 0.1) is 5.82 Å². The number of benzene rings is 1. The molecule has 0 saturated heterocycles. The second kappa shape index (κ2) is 4.09. The first-order chi connectivity index (χ1) is 6.42. The average molecular weight is 195 g/mol. The monoisotopic (exact) mass is 195 g/mol. The van der Waals surface area contributed by atoms with Gasteiger partial charge in [0, 0.05) is 6.04 Å². The van der Waals surface area contributed by atoms with Gasteiger partial charge >= 0.3 is 0 Å². The topological polar surface area (TPSA) is 26.0 Å². The number of halogens is 1. The number of nitrogens with two attached hydrogens (primary N) is 1. The maximum atomic E-state index is 12.7. The molecule has 0 bridgehead atoms. The van der Waals surface area contributed by atoms with Gasteiger partial charge in [0.25, 0.3) is 0 Å². The molecule has 0 aromatic heterocycles. The number of hydrogen-bond acceptors (Lipinski definition) is 1. The molecule has 0 aliphatic heterocycles. The van der Waals surface area contributed by atoms with Gasteiger partial charge in [-0.05, 0) is 36.5 Å². The minimum absolute atomic E-state index is 0.0157. The third-order valence-corrected chi connectivity index (χ3v) is 2.46. The predicted molar refractivity (Wildman–Crippen MR) is 57.7 cm³/mol. The summed E-state index contributed by atoms with van der Waals surface area (Å²) in [6, 6.07) is 6.82. The van der Waals surface area contributed by atoms with Crippen LogP contribution in [-0.2, 0) is 5.41 Å². The molecule has 2 N–H and O–H groups in total. The molecule has 1 nitrogen and oxygen atoms in total. The fourth-order valence-corrected chi connectivity index (χ4v) is 1.82. The summed E-state index contributed by atoms with van der Waals surface area (Å²) in [6.07, 6.45) is 0.901. The second-order valence-corrected chi connectivity index (χ2v) is 4.57. The van der Waals surface area contributed by atoms with Gasteiger partial charge < -0.3 is 5.73 Å². The highest BCUT2D eigenvalue weighted by Gasteiger charge is 2.21. The van der Waals surface area contributed by atoms with Crippen molar-refractivity contribution < 1.29 is 4.39 Å². The molecule has 1 rings (SSSR count). The summed E-state index contributed by atoms with van der Waals surface area (Å²) >= 11 is 0. The van der Waals surface area contributed by atoms with Crippen molar-refractivity contribution >= 4 is 0 Å². The zero-order valence-electron chi connectivity index (χ0n) is 9.05. The molecule has 0 unspecified atom stereocenters. The van der Waals surface area contributed by atoms with E-state index >= 15 is 0 Å². The summed E-state index contributed by atoms with van der Waals surface area (Å²) in [5.41, 5.74) is 6.92. The summed E-state index contributed by atoms with van der Waals surface area (Å²) in [5.74, 6) is -0.189. The van der Waals surface area contributed by atoms with Gasteiger partial charge in [0.1, 0.15) is 5.82 Å². The third-order valence-electron chi connectivity index (χ3n) is 2.46. The maximum absolute atomic E-state index is 12.7. The SMILES string of the molecule is C[C@@H](N)CC(C)(C)c1ccc(F)cc1. The molecule has 0 aliphatic carbocycles. The minimum Gasteiger partial charge on any atom is -0.328 e. The second-order valence-electron chi connectivity index (χ2n) is 4.57. The highest BCUT2D eigenvalue weighted by atomic mass is 19.1. The lowest BCUT2D eigenvalue weighted by Gasteiger charge is -2.27.